The van der Waals surface area contributed by atoms with Crippen LogP contribution < -0.4 is 0 Å². The second-order valence-electron chi connectivity index (χ2n) is 7.11. The summed E-state index contributed by atoms with van der Waals surface area (Å²) in [6, 6.07) is 5.63. The molecule has 2 aliphatic heterocycles. The Morgan fingerprint density at radius 1 is 1.18 bits per heavy atom. The van der Waals surface area contributed by atoms with E-state index >= 15 is 0 Å². The van der Waals surface area contributed by atoms with Crippen LogP contribution in [0.15, 0.2) is 30.5 Å². The Morgan fingerprint density at radius 3 is 2.82 bits per heavy atom. The number of fused-ring (bicyclic) bond motifs is 1. The van der Waals surface area contributed by atoms with Crippen LogP contribution in [-0.2, 0) is 14.3 Å². The molecule has 2 amide bonds. The third kappa shape index (κ3) is 3.91. The average Bonchev–Trinajstić information content (AvgIpc) is 3.07. The third-order valence-electron chi connectivity index (χ3n) is 5.31. The van der Waals surface area contributed by atoms with Crippen molar-refractivity contribution >= 4 is 35.1 Å². The molecule has 4 heterocycles. The minimum Gasteiger partial charge on any atom is -0.378 e. The zero-order valence-electron chi connectivity index (χ0n) is 15.6. The number of aromatic nitrogens is 2. The molecule has 0 saturated carbocycles. The largest absolute Gasteiger partial charge is 0.378 e. The van der Waals surface area contributed by atoms with E-state index < -0.39 is 0 Å². The van der Waals surface area contributed by atoms with Crippen molar-refractivity contribution in [2.45, 2.75) is 12.8 Å². The Morgan fingerprint density at radius 2 is 2.00 bits per heavy atom. The molecule has 4 rings (SSSR count). The lowest BCUT2D eigenvalue weighted by molar-refractivity contribution is -0.143. The molecule has 0 N–H and O–H groups in total. The molecule has 2 fully saturated rings. The van der Waals surface area contributed by atoms with Gasteiger partial charge < -0.3 is 14.5 Å². The number of carbonyl (C=O) groups is 2. The lowest BCUT2D eigenvalue weighted by atomic mass is 9.96. The highest BCUT2D eigenvalue weighted by Crippen LogP contribution is 2.22. The number of amides is 2. The Hall–Kier alpha value is -2.38. The lowest BCUT2D eigenvalue weighted by Crippen LogP contribution is -2.49. The molecule has 1 unspecified atom stereocenters. The van der Waals surface area contributed by atoms with Gasteiger partial charge in [-0.3, -0.25) is 14.0 Å². The number of rotatable bonds is 3. The standard InChI is InChI=1S/C20H23ClN4O3/c21-19-16(25-9-2-1-5-17(25)22-19)6-7-18(26)24-8-3-4-15(14-24)20(27)23-10-12-28-13-11-23/h1-2,5-7,9,15H,3-4,8,10-14H2/b7-6+. The molecule has 148 valence electrons. The number of nitrogens with zero attached hydrogens (tertiary/aromatic N) is 4. The minimum absolute atomic E-state index is 0.110. The molecule has 0 radical (unpaired) electrons. The van der Waals surface area contributed by atoms with Crippen molar-refractivity contribution in [1.82, 2.24) is 19.2 Å². The normalized spacial score (nSPS) is 20.8. The highest BCUT2D eigenvalue weighted by atomic mass is 35.5. The smallest absolute Gasteiger partial charge is 0.246 e. The number of hydrogen-bond donors (Lipinski definition) is 0. The Balaban J connectivity index is 1.43. The van der Waals surface area contributed by atoms with Crippen molar-refractivity contribution in [3.8, 4) is 0 Å². The van der Waals surface area contributed by atoms with Crippen LogP contribution in [-0.4, -0.2) is 70.4 Å². The van der Waals surface area contributed by atoms with Crippen LogP contribution in [0.5, 0.6) is 0 Å². The molecular weight excluding hydrogens is 380 g/mol. The Bertz CT molecular complexity index is 904. The van der Waals surface area contributed by atoms with E-state index in [2.05, 4.69) is 4.98 Å². The van der Waals surface area contributed by atoms with Crippen LogP contribution >= 0.6 is 11.6 Å². The van der Waals surface area contributed by atoms with Crippen molar-refractivity contribution in [3.63, 3.8) is 0 Å². The molecule has 28 heavy (non-hydrogen) atoms. The SMILES string of the molecule is O=C(/C=C/c1c(Cl)nc2ccccn12)N1CCCC(C(=O)N2CCOCC2)C1. The lowest BCUT2D eigenvalue weighted by Gasteiger charge is -2.35. The molecule has 2 aromatic heterocycles. The zero-order chi connectivity index (χ0) is 19.5. The highest BCUT2D eigenvalue weighted by Gasteiger charge is 2.31. The Kier molecular flexibility index (Phi) is 5.64. The van der Waals surface area contributed by atoms with Gasteiger partial charge in [0.25, 0.3) is 0 Å². The van der Waals surface area contributed by atoms with Gasteiger partial charge in [-0.1, -0.05) is 17.7 Å². The molecule has 8 heteroatoms. The van der Waals surface area contributed by atoms with E-state index in [4.69, 9.17) is 16.3 Å². The van der Waals surface area contributed by atoms with Gasteiger partial charge >= 0.3 is 0 Å². The number of likely N-dealkylation sites (tertiary alicyclic amines) is 1. The fourth-order valence-corrected chi connectivity index (χ4v) is 4.05. The summed E-state index contributed by atoms with van der Waals surface area (Å²) in [4.78, 5) is 33.3. The summed E-state index contributed by atoms with van der Waals surface area (Å²) in [5.41, 5.74) is 1.40. The van der Waals surface area contributed by atoms with Gasteiger partial charge in [0.2, 0.25) is 11.8 Å². The molecule has 2 aromatic rings. The maximum atomic E-state index is 12.7. The van der Waals surface area contributed by atoms with Gasteiger partial charge in [-0.25, -0.2) is 4.98 Å². The predicted octanol–water partition coefficient (Wildman–Crippen LogP) is 2.10. The van der Waals surface area contributed by atoms with Crippen LogP contribution in [0.25, 0.3) is 11.7 Å². The monoisotopic (exact) mass is 402 g/mol. The van der Waals surface area contributed by atoms with Gasteiger partial charge in [-0.2, -0.15) is 0 Å². The van der Waals surface area contributed by atoms with Gasteiger partial charge in [0.1, 0.15) is 5.65 Å². The average molecular weight is 403 g/mol. The first-order chi connectivity index (χ1) is 13.6. The van der Waals surface area contributed by atoms with E-state index in [0.29, 0.717) is 50.2 Å². The van der Waals surface area contributed by atoms with Crippen LogP contribution in [0.3, 0.4) is 0 Å². The number of morpholine rings is 1. The van der Waals surface area contributed by atoms with Crippen molar-refractivity contribution in [3.05, 3.63) is 41.3 Å². The van der Waals surface area contributed by atoms with Gasteiger partial charge in [0.15, 0.2) is 5.15 Å². The topological polar surface area (TPSA) is 67.2 Å². The van der Waals surface area contributed by atoms with Crippen molar-refractivity contribution in [1.29, 1.82) is 0 Å². The molecule has 0 aromatic carbocycles. The van der Waals surface area contributed by atoms with E-state index in [9.17, 15) is 9.59 Å². The summed E-state index contributed by atoms with van der Waals surface area (Å²) < 4.78 is 7.16. The first-order valence-corrected chi connectivity index (χ1v) is 9.97. The van der Waals surface area contributed by atoms with Crippen LogP contribution in [0.2, 0.25) is 5.15 Å². The molecule has 2 aliphatic rings. The van der Waals surface area contributed by atoms with E-state index in [-0.39, 0.29) is 17.7 Å². The van der Waals surface area contributed by atoms with Crippen LogP contribution in [0.4, 0.5) is 0 Å². The summed E-state index contributed by atoms with van der Waals surface area (Å²) in [7, 11) is 0. The number of halogens is 1. The number of pyridine rings is 1. The number of imidazole rings is 1. The molecule has 0 bridgehead atoms. The number of piperidine rings is 1. The highest BCUT2D eigenvalue weighted by molar-refractivity contribution is 6.31. The maximum Gasteiger partial charge on any atom is 0.246 e. The fourth-order valence-electron chi connectivity index (χ4n) is 3.81. The summed E-state index contributed by atoms with van der Waals surface area (Å²) in [6.45, 7) is 3.57. The summed E-state index contributed by atoms with van der Waals surface area (Å²) in [5, 5.41) is 0.356. The van der Waals surface area contributed by atoms with Gasteiger partial charge in [0, 0.05) is 38.5 Å². The summed E-state index contributed by atoms with van der Waals surface area (Å²) in [5.74, 6) is -0.111. The summed E-state index contributed by atoms with van der Waals surface area (Å²) >= 11 is 6.22. The van der Waals surface area contributed by atoms with Gasteiger partial charge in [-0.15, -0.1) is 0 Å². The van der Waals surface area contributed by atoms with Crippen molar-refractivity contribution < 1.29 is 14.3 Å². The van der Waals surface area contributed by atoms with Crippen LogP contribution in [0, 0.1) is 5.92 Å². The number of carbonyl (C=O) groups excluding carboxylic acids is 2. The molecule has 1 atom stereocenters. The second kappa shape index (κ2) is 8.32. The molecule has 2 saturated heterocycles. The third-order valence-corrected chi connectivity index (χ3v) is 5.59. The van der Waals surface area contributed by atoms with Gasteiger partial charge in [0.05, 0.1) is 24.8 Å². The quantitative estimate of drug-likeness (QED) is 0.737. The van der Waals surface area contributed by atoms with Crippen LogP contribution in [0.1, 0.15) is 18.5 Å². The van der Waals surface area contributed by atoms with E-state index in [1.807, 2.05) is 33.7 Å². The van der Waals surface area contributed by atoms with Crippen molar-refractivity contribution in [2.24, 2.45) is 5.92 Å². The molecule has 7 nitrogen and oxygen atoms in total. The number of ether oxygens (including phenoxy) is 1. The Labute approximate surface area is 168 Å². The predicted molar refractivity (Wildman–Crippen MR) is 106 cm³/mol. The van der Waals surface area contributed by atoms with Gasteiger partial charge in [-0.05, 0) is 31.1 Å². The minimum atomic E-state index is -0.136. The zero-order valence-corrected chi connectivity index (χ0v) is 16.3. The molecule has 0 aliphatic carbocycles. The molecular formula is C20H23ClN4O3. The fraction of sp³-hybridized carbons (Fsp3) is 0.450. The van der Waals surface area contributed by atoms with E-state index in [1.54, 1.807) is 11.0 Å². The second-order valence-corrected chi connectivity index (χ2v) is 7.47. The first-order valence-electron chi connectivity index (χ1n) is 9.59. The summed E-state index contributed by atoms with van der Waals surface area (Å²) in [6.07, 6.45) is 6.72. The first kappa shape index (κ1) is 19.0. The molecule has 0 spiro atoms. The van der Waals surface area contributed by atoms with Crippen molar-refractivity contribution in [2.75, 3.05) is 39.4 Å². The van der Waals surface area contributed by atoms with E-state index in [0.717, 1.165) is 18.5 Å². The number of hydrogen-bond acceptors (Lipinski definition) is 4. The maximum absolute atomic E-state index is 12.7. The van der Waals surface area contributed by atoms with E-state index in [1.165, 1.54) is 6.08 Å².